The van der Waals surface area contributed by atoms with Gasteiger partial charge in [0.2, 0.25) is 0 Å². The van der Waals surface area contributed by atoms with Crippen molar-refractivity contribution < 1.29 is 19.1 Å². The van der Waals surface area contributed by atoms with Gasteiger partial charge in [0.1, 0.15) is 5.82 Å². The van der Waals surface area contributed by atoms with E-state index >= 15 is 0 Å². The lowest BCUT2D eigenvalue weighted by atomic mass is 10.0. The van der Waals surface area contributed by atoms with Gasteiger partial charge < -0.3 is 15.3 Å². The Hall–Kier alpha value is -4.82. The Bertz CT molecular complexity index is 1730. The minimum atomic E-state index is -0.963. The highest BCUT2D eigenvalue weighted by molar-refractivity contribution is 7.14. The molecule has 0 spiro atoms. The average Bonchev–Trinajstić information content (AvgIpc) is 3.61. The molecule has 0 saturated carbocycles. The normalized spacial score (nSPS) is 11.5. The van der Waals surface area contributed by atoms with Gasteiger partial charge in [-0.05, 0) is 82.8 Å². The van der Waals surface area contributed by atoms with Crippen molar-refractivity contribution in [2.75, 3.05) is 11.4 Å². The minimum absolute atomic E-state index is 0.0650. The summed E-state index contributed by atoms with van der Waals surface area (Å²) in [6.45, 7) is 0.625. The van der Waals surface area contributed by atoms with Gasteiger partial charge in [-0.1, -0.05) is 42.5 Å². The van der Waals surface area contributed by atoms with E-state index in [1.54, 1.807) is 24.3 Å². The minimum Gasteiger partial charge on any atom is -0.481 e. The molecule has 1 amide bonds. The predicted octanol–water partition coefficient (Wildman–Crippen LogP) is 7.06. The molecule has 2 N–H and O–H groups in total. The van der Waals surface area contributed by atoms with Crippen LogP contribution in [0, 0.1) is 5.82 Å². The van der Waals surface area contributed by atoms with E-state index in [9.17, 15) is 14.0 Å². The number of carbonyl (C=O) groups is 2. The molecule has 6 rings (SSSR count). The number of hydrogen-bond donors (Lipinski definition) is 2. The van der Waals surface area contributed by atoms with E-state index in [-0.39, 0.29) is 24.7 Å². The fraction of sp³-hybridized carbons (Fsp3) is 0.121. The SMILES string of the molecule is O=C(O)CCNC(=O)c1ccc(N(Cc2ccc3c(c2)Cc2ccccc2-3)c2nc(-c3ccc(F)cc3)cs2)cc1. The molecule has 0 aliphatic heterocycles. The number of rotatable bonds is 9. The second-order valence-corrected chi connectivity index (χ2v) is 10.7. The number of amides is 1. The number of carboxylic acids is 1. The van der Waals surface area contributed by atoms with Crippen molar-refractivity contribution >= 4 is 34.0 Å². The summed E-state index contributed by atoms with van der Waals surface area (Å²) in [5, 5.41) is 14.2. The second-order valence-electron chi connectivity index (χ2n) is 9.88. The van der Waals surface area contributed by atoms with Crippen LogP contribution in [-0.2, 0) is 17.8 Å². The van der Waals surface area contributed by atoms with E-state index in [0.717, 1.165) is 34.1 Å². The van der Waals surface area contributed by atoms with E-state index < -0.39 is 5.97 Å². The fourth-order valence-corrected chi connectivity index (χ4v) is 5.92. The quantitative estimate of drug-likeness (QED) is 0.197. The van der Waals surface area contributed by atoms with Crippen molar-refractivity contribution in [1.29, 1.82) is 0 Å². The molecule has 1 aliphatic carbocycles. The van der Waals surface area contributed by atoms with E-state index in [1.165, 1.54) is 45.7 Å². The predicted molar refractivity (Wildman–Crippen MR) is 159 cm³/mol. The number of benzene rings is 4. The van der Waals surface area contributed by atoms with E-state index in [0.29, 0.717) is 12.1 Å². The summed E-state index contributed by atoms with van der Waals surface area (Å²) in [4.78, 5) is 30.3. The van der Waals surface area contributed by atoms with Crippen molar-refractivity contribution in [2.45, 2.75) is 19.4 Å². The Morgan fingerprint density at radius 3 is 2.46 bits per heavy atom. The Morgan fingerprint density at radius 1 is 0.927 bits per heavy atom. The van der Waals surface area contributed by atoms with Crippen molar-refractivity contribution in [1.82, 2.24) is 10.3 Å². The molecule has 4 aromatic carbocycles. The number of nitrogens with zero attached hydrogens (tertiary/aromatic N) is 2. The first kappa shape index (κ1) is 26.4. The van der Waals surface area contributed by atoms with Crippen molar-refractivity contribution in [3.8, 4) is 22.4 Å². The summed E-state index contributed by atoms with van der Waals surface area (Å²) in [6.07, 6.45) is 0.765. The van der Waals surface area contributed by atoms with Crippen LogP contribution in [0.4, 0.5) is 15.2 Å². The largest absolute Gasteiger partial charge is 0.481 e. The smallest absolute Gasteiger partial charge is 0.305 e. The average molecular weight is 564 g/mol. The topological polar surface area (TPSA) is 82.5 Å². The zero-order chi connectivity index (χ0) is 28.3. The Kier molecular flexibility index (Phi) is 7.31. The molecular formula is C33H26FN3O3S. The number of hydrogen-bond acceptors (Lipinski definition) is 5. The molecule has 5 aromatic rings. The molecule has 204 valence electrons. The van der Waals surface area contributed by atoms with E-state index in [4.69, 9.17) is 10.1 Å². The Balaban J connectivity index is 1.29. The zero-order valence-corrected chi connectivity index (χ0v) is 22.8. The molecule has 0 bridgehead atoms. The summed E-state index contributed by atoms with van der Waals surface area (Å²) >= 11 is 1.50. The second kappa shape index (κ2) is 11.3. The third-order valence-corrected chi connectivity index (χ3v) is 7.99. The maximum absolute atomic E-state index is 13.5. The highest BCUT2D eigenvalue weighted by Gasteiger charge is 2.20. The first-order valence-corrected chi connectivity index (χ1v) is 14.1. The van der Waals surface area contributed by atoms with Crippen molar-refractivity contribution in [3.63, 3.8) is 0 Å². The van der Waals surface area contributed by atoms with Crippen LogP contribution >= 0.6 is 11.3 Å². The van der Waals surface area contributed by atoms with Crippen LogP contribution in [0.2, 0.25) is 0 Å². The number of aliphatic carboxylic acids is 1. The summed E-state index contributed by atoms with van der Waals surface area (Å²) in [6, 6.07) is 28.5. The van der Waals surface area contributed by atoms with E-state index in [2.05, 4.69) is 52.7 Å². The monoisotopic (exact) mass is 563 g/mol. The van der Waals surface area contributed by atoms with Crippen LogP contribution in [-0.4, -0.2) is 28.5 Å². The fourth-order valence-electron chi connectivity index (χ4n) is 5.07. The van der Waals surface area contributed by atoms with Gasteiger partial charge in [0.15, 0.2) is 5.13 Å². The molecule has 1 heterocycles. The van der Waals surface area contributed by atoms with Gasteiger partial charge in [-0.2, -0.15) is 0 Å². The summed E-state index contributed by atoms with van der Waals surface area (Å²) in [5.74, 6) is -1.58. The molecule has 0 radical (unpaired) electrons. The number of anilines is 2. The maximum atomic E-state index is 13.5. The lowest BCUT2D eigenvalue weighted by Crippen LogP contribution is -2.26. The molecule has 0 saturated heterocycles. The highest BCUT2D eigenvalue weighted by Crippen LogP contribution is 2.38. The number of thiazole rings is 1. The third-order valence-electron chi connectivity index (χ3n) is 7.13. The molecule has 1 aliphatic rings. The third kappa shape index (κ3) is 5.73. The van der Waals surface area contributed by atoms with Crippen molar-refractivity contribution in [3.05, 3.63) is 124 Å². The van der Waals surface area contributed by atoms with Gasteiger partial charge in [0.25, 0.3) is 5.91 Å². The highest BCUT2D eigenvalue weighted by atomic mass is 32.1. The standard InChI is InChI=1S/C33H26FN3O3S/c34-26-10-6-22(7-11-26)30-20-41-33(36-30)37(27-12-8-23(9-13-27)32(40)35-16-15-31(38)39)19-21-5-14-29-25(17-21)18-24-3-1-2-4-28(24)29/h1-14,17,20H,15-16,18-19H2,(H,35,40)(H,38,39). The van der Waals surface area contributed by atoms with Gasteiger partial charge in [0.05, 0.1) is 18.7 Å². The van der Waals surface area contributed by atoms with Gasteiger partial charge in [-0.25, -0.2) is 9.37 Å². The molecule has 6 nitrogen and oxygen atoms in total. The van der Waals surface area contributed by atoms with Crippen LogP contribution in [0.15, 0.2) is 96.4 Å². The Morgan fingerprint density at radius 2 is 1.68 bits per heavy atom. The van der Waals surface area contributed by atoms with Crippen LogP contribution in [0.1, 0.15) is 33.5 Å². The molecule has 41 heavy (non-hydrogen) atoms. The maximum Gasteiger partial charge on any atom is 0.305 e. The number of fused-ring (bicyclic) bond motifs is 3. The molecular weight excluding hydrogens is 537 g/mol. The number of carbonyl (C=O) groups excluding carboxylic acids is 1. The van der Waals surface area contributed by atoms with Crippen LogP contribution in [0.3, 0.4) is 0 Å². The summed E-state index contributed by atoms with van der Waals surface area (Å²) in [7, 11) is 0. The number of halogens is 1. The van der Waals surface area contributed by atoms with Crippen LogP contribution in [0.25, 0.3) is 22.4 Å². The number of aromatic nitrogens is 1. The van der Waals surface area contributed by atoms with Gasteiger partial charge in [-0.15, -0.1) is 11.3 Å². The molecule has 0 atom stereocenters. The Labute approximate surface area is 240 Å². The van der Waals surface area contributed by atoms with Crippen molar-refractivity contribution in [2.24, 2.45) is 0 Å². The molecule has 0 fully saturated rings. The van der Waals surface area contributed by atoms with Crippen LogP contribution in [0.5, 0.6) is 0 Å². The number of nitrogens with one attached hydrogen (secondary N) is 1. The van der Waals surface area contributed by atoms with Gasteiger partial charge in [0, 0.05) is 28.7 Å². The molecule has 8 heteroatoms. The first-order valence-electron chi connectivity index (χ1n) is 13.2. The lowest BCUT2D eigenvalue weighted by molar-refractivity contribution is -0.136. The van der Waals surface area contributed by atoms with Crippen LogP contribution < -0.4 is 10.2 Å². The van der Waals surface area contributed by atoms with E-state index in [1.807, 2.05) is 17.5 Å². The first-order chi connectivity index (χ1) is 19.9. The van der Waals surface area contributed by atoms with Gasteiger partial charge >= 0.3 is 5.97 Å². The number of carboxylic acid groups (broad SMARTS) is 1. The summed E-state index contributed by atoms with van der Waals surface area (Å²) < 4.78 is 13.5. The summed E-state index contributed by atoms with van der Waals surface area (Å²) in [5.41, 5.74) is 9.20. The lowest BCUT2D eigenvalue weighted by Gasteiger charge is -2.23. The van der Waals surface area contributed by atoms with Gasteiger partial charge in [-0.3, -0.25) is 9.59 Å². The molecule has 1 aromatic heterocycles. The zero-order valence-electron chi connectivity index (χ0n) is 22.0. The molecule has 0 unspecified atom stereocenters.